The van der Waals surface area contributed by atoms with Gasteiger partial charge in [-0.25, -0.2) is 5.01 Å². The minimum Gasteiger partial charge on any atom is -0.390 e. The average Bonchev–Trinajstić information content (AvgIpc) is 2.53. The molecule has 0 radical (unpaired) electrons. The highest BCUT2D eigenvalue weighted by atomic mass is 35.5. The van der Waals surface area contributed by atoms with Gasteiger partial charge in [0.1, 0.15) is 5.54 Å². The summed E-state index contributed by atoms with van der Waals surface area (Å²) in [6, 6.07) is 7.97. The number of benzene rings is 1. The van der Waals surface area contributed by atoms with E-state index in [4.69, 9.17) is 11.6 Å². The van der Waals surface area contributed by atoms with Crippen molar-refractivity contribution in [3.05, 3.63) is 29.3 Å². The second kappa shape index (κ2) is 4.92. The first-order chi connectivity index (χ1) is 11.8. The van der Waals surface area contributed by atoms with Gasteiger partial charge >= 0.3 is 0 Å². The van der Waals surface area contributed by atoms with Crippen LogP contribution in [0.2, 0.25) is 5.02 Å². The predicted octanol–water partition coefficient (Wildman–Crippen LogP) is 3.62. The molecule has 2 atom stereocenters. The van der Waals surface area contributed by atoms with Crippen molar-refractivity contribution in [3.63, 3.8) is 0 Å². The SMILES string of the molecule is CC1(C)C(=O)N([C@H]2C3CC4CC2C[C@](O)(C4)C3)N1c1ccccc1Cl. The summed E-state index contributed by atoms with van der Waals surface area (Å²) < 4.78 is 0. The molecule has 25 heavy (non-hydrogen) atoms. The van der Waals surface area contributed by atoms with Crippen LogP contribution in [-0.2, 0) is 4.79 Å². The highest BCUT2D eigenvalue weighted by Crippen LogP contribution is 2.59. The van der Waals surface area contributed by atoms with Crippen LogP contribution >= 0.6 is 11.6 Å². The maximum Gasteiger partial charge on any atom is 0.268 e. The number of para-hydroxylation sites is 1. The van der Waals surface area contributed by atoms with Gasteiger partial charge in [0.25, 0.3) is 5.91 Å². The molecule has 4 saturated carbocycles. The molecule has 1 aromatic rings. The van der Waals surface area contributed by atoms with Gasteiger partial charge < -0.3 is 5.11 Å². The molecular formula is C20H25ClN2O2. The van der Waals surface area contributed by atoms with Crippen LogP contribution in [0.5, 0.6) is 0 Å². The molecular weight excluding hydrogens is 336 g/mol. The lowest BCUT2D eigenvalue weighted by atomic mass is 9.52. The lowest BCUT2D eigenvalue weighted by Gasteiger charge is -2.67. The average molecular weight is 361 g/mol. The first-order valence-electron chi connectivity index (χ1n) is 9.41. The third-order valence-corrected chi connectivity index (χ3v) is 7.35. The molecule has 2 unspecified atom stereocenters. The van der Waals surface area contributed by atoms with E-state index in [2.05, 4.69) is 5.01 Å². The second-order valence-corrected chi connectivity index (χ2v) is 9.56. The monoisotopic (exact) mass is 360 g/mol. The van der Waals surface area contributed by atoms with Crippen molar-refractivity contribution in [1.29, 1.82) is 0 Å². The molecule has 134 valence electrons. The number of amides is 1. The third-order valence-electron chi connectivity index (χ3n) is 7.03. The third kappa shape index (κ3) is 2.07. The fraction of sp³-hybridized carbons (Fsp3) is 0.650. The van der Waals surface area contributed by atoms with Crippen LogP contribution in [0.1, 0.15) is 46.0 Å². The van der Waals surface area contributed by atoms with Crippen molar-refractivity contribution >= 4 is 23.2 Å². The highest BCUT2D eigenvalue weighted by molar-refractivity contribution is 6.33. The summed E-state index contributed by atoms with van der Waals surface area (Å²) in [5.41, 5.74) is -0.149. The molecule has 5 fully saturated rings. The number of halogens is 1. The maximum absolute atomic E-state index is 13.1. The molecule has 1 aromatic carbocycles. The molecule has 0 spiro atoms. The summed E-state index contributed by atoms with van der Waals surface area (Å²) in [6.45, 7) is 3.94. The fourth-order valence-electron chi connectivity index (χ4n) is 6.35. The summed E-state index contributed by atoms with van der Waals surface area (Å²) in [6.07, 6.45) is 4.92. The van der Waals surface area contributed by atoms with Gasteiger partial charge in [0.15, 0.2) is 0 Å². The molecule has 6 rings (SSSR count). The number of aliphatic hydroxyl groups is 1. The Balaban J connectivity index is 1.53. The predicted molar refractivity (Wildman–Crippen MR) is 97.1 cm³/mol. The molecule has 4 nitrogen and oxygen atoms in total. The standard InChI is InChI=1S/C20H25ClN2O2/c1-19(2)18(24)22(23(19)16-6-4-3-5-15(16)21)17-13-7-12-8-14(17)11-20(25,9-12)10-13/h3-6,12-14,17,25H,7-11H2,1-2H3/t12?,13?,14?,17-,20-. The van der Waals surface area contributed by atoms with Crippen LogP contribution in [0.25, 0.3) is 0 Å². The minimum absolute atomic E-state index is 0.178. The van der Waals surface area contributed by atoms with Crippen molar-refractivity contribution in [3.8, 4) is 0 Å². The first-order valence-corrected chi connectivity index (χ1v) is 9.79. The van der Waals surface area contributed by atoms with E-state index in [9.17, 15) is 9.90 Å². The Bertz CT molecular complexity index is 733. The van der Waals surface area contributed by atoms with Crippen LogP contribution in [0, 0.1) is 17.8 Å². The van der Waals surface area contributed by atoms with Crippen molar-refractivity contribution in [2.45, 2.75) is 63.1 Å². The van der Waals surface area contributed by atoms with Gasteiger partial charge in [0, 0.05) is 0 Å². The number of hydrogen-bond donors (Lipinski definition) is 1. The van der Waals surface area contributed by atoms with Crippen LogP contribution in [0.3, 0.4) is 0 Å². The Labute approximate surface area is 153 Å². The van der Waals surface area contributed by atoms with Crippen LogP contribution in [0.4, 0.5) is 5.69 Å². The fourth-order valence-corrected chi connectivity index (χ4v) is 6.57. The molecule has 5 aliphatic rings. The summed E-state index contributed by atoms with van der Waals surface area (Å²) in [5.74, 6) is 1.62. The van der Waals surface area contributed by atoms with Crippen molar-refractivity contribution in [2.75, 3.05) is 5.01 Å². The molecule has 4 aliphatic carbocycles. The summed E-state index contributed by atoms with van der Waals surface area (Å²) in [5, 5.41) is 15.6. The zero-order valence-corrected chi connectivity index (χ0v) is 15.5. The Morgan fingerprint density at radius 3 is 2.36 bits per heavy atom. The van der Waals surface area contributed by atoms with Crippen LogP contribution in [-0.4, -0.2) is 33.2 Å². The number of carbonyl (C=O) groups excluding carboxylic acids is 1. The normalized spacial score (nSPS) is 41.2. The van der Waals surface area contributed by atoms with Gasteiger partial charge in [-0.3, -0.25) is 9.80 Å². The molecule has 5 heteroatoms. The van der Waals surface area contributed by atoms with E-state index in [1.165, 1.54) is 0 Å². The number of anilines is 1. The van der Waals surface area contributed by atoms with E-state index in [1.807, 2.05) is 43.1 Å². The van der Waals surface area contributed by atoms with Gasteiger partial charge in [-0.05, 0) is 75.8 Å². The van der Waals surface area contributed by atoms with Crippen molar-refractivity contribution in [1.82, 2.24) is 5.01 Å². The van der Waals surface area contributed by atoms with E-state index >= 15 is 0 Å². The van der Waals surface area contributed by atoms with Crippen molar-refractivity contribution in [2.24, 2.45) is 17.8 Å². The zero-order chi connectivity index (χ0) is 17.6. The molecule has 1 heterocycles. The van der Waals surface area contributed by atoms with Gasteiger partial charge in [0.2, 0.25) is 0 Å². The van der Waals surface area contributed by atoms with Crippen LogP contribution < -0.4 is 5.01 Å². The maximum atomic E-state index is 13.1. The summed E-state index contributed by atoms with van der Waals surface area (Å²) in [4.78, 5) is 13.1. The highest BCUT2D eigenvalue weighted by Gasteiger charge is 2.63. The minimum atomic E-state index is -0.573. The van der Waals surface area contributed by atoms with E-state index < -0.39 is 11.1 Å². The van der Waals surface area contributed by atoms with E-state index in [1.54, 1.807) is 0 Å². The van der Waals surface area contributed by atoms with Gasteiger partial charge in [-0.2, -0.15) is 0 Å². The number of hydrazine groups is 1. The van der Waals surface area contributed by atoms with E-state index in [0.717, 1.165) is 37.8 Å². The largest absolute Gasteiger partial charge is 0.390 e. The Morgan fingerprint density at radius 2 is 1.76 bits per heavy atom. The van der Waals surface area contributed by atoms with E-state index in [0.29, 0.717) is 22.8 Å². The zero-order valence-electron chi connectivity index (χ0n) is 14.8. The number of hydrogen-bond acceptors (Lipinski definition) is 3. The van der Waals surface area contributed by atoms with Crippen molar-refractivity contribution < 1.29 is 9.90 Å². The first kappa shape index (κ1) is 16.0. The molecule has 4 bridgehead atoms. The summed E-state index contributed by atoms with van der Waals surface area (Å²) in [7, 11) is 0. The second-order valence-electron chi connectivity index (χ2n) is 9.16. The molecule has 1 saturated heterocycles. The molecule has 0 aromatic heterocycles. The summed E-state index contributed by atoms with van der Waals surface area (Å²) >= 11 is 6.46. The quantitative estimate of drug-likeness (QED) is 0.876. The van der Waals surface area contributed by atoms with E-state index in [-0.39, 0.29) is 11.9 Å². The lowest BCUT2D eigenvalue weighted by Crippen LogP contribution is -2.81. The number of carbonyl (C=O) groups is 1. The molecule has 1 N–H and O–H groups in total. The lowest BCUT2D eigenvalue weighted by molar-refractivity contribution is -0.190. The number of rotatable bonds is 2. The topological polar surface area (TPSA) is 43.8 Å². The Hall–Kier alpha value is -1.26. The molecule has 1 amide bonds. The molecule has 1 aliphatic heterocycles. The van der Waals surface area contributed by atoms with Crippen LogP contribution in [0.15, 0.2) is 24.3 Å². The van der Waals surface area contributed by atoms with Gasteiger partial charge in [0.05, 0.1) is 22.4 Å². The smallest absolute Gasteiger partial charge is 0.268 e. The van der Waals surface area contributed by atoms with Gasteiger partial charge in [-0.1, -0.05) is 23.7 Å². The van der Waals surface area contributed by atoms with Gasteiger partial charge in [-0.15, -0.1) is 0 Å². The Kier molecular flexibility index (Phi) is 3.14. The Morgan fingerprint density at radius 1 is 1.12 bits per heavy atom. The number of nitrogens with zero attached hydrogens (tertiary/aromatic N) is 2.